The van der Waals surface area contributed by atoms with E-state index in [1.807, 2.05) is 37.9 Å². The first-order valence-corrected chi connectivity index (χ1v) is 12.0. The van der Waals surface area contributed by atoms with Crippen molar-refractivity contribution in [1.29, 1.82) is 0 Å². The Kier molecular flexibility index (Phi) is 6.39. The Bertz CT molecular complexity index is 1360. The van der Waals surface area contributed by atoms with Crippen LogP contribution in [-0.4, -0.2) is 58.7 Å². The average Bonchev–Trinajstić information content (AvgIpc) is 3.33. The van der Waals surface area contributed by atoms with E-state index in [4.69, 9.17) is 9.98 Å². The van der Waals surface area contributed by atoms with Crippen molar-refractivity contribution < 1.29 is 4.39 Å². The average molecular weight is 473 g/mol. The van der Waals surface area contributed by atoms with Crippen molar-refractivity contribution in [2.45, 2.75) is 33.1 Å². The standard InChI is InChI=1S/C26H29FN8/c1-4-10-28-14-17(5-2)22-21(27)20-19(15-30-22)34(3)16-31-24(20)26-32-23-18(9-11-29-25(23)33-26)35-12-7-6-8-13-35/h4-5,9-11,14-15H,6-8,12-13,16H2,1-3H3,(H,29,32,33)/b10-4+,17-5+,28-14+. The number of halogens is 1. The van der Waals surface area contributed by atoms with Gasteiger partial charge in [0.05, 0.1) is 23.1 Å². The number of aromatic amines is 1. The molecule has 0 bridgehead atoms. The molecule has 8 nitrogen and oxygen atoms in total. The quantitative estimate of drug-likeness (QED) is 0.543. The molecule has 1 fully saturated rings. The van der Waals surface area contributed by atoms with Crippen LogP contribution in [0.4, 0.5) is 15.8 Å². The summed E-state index contributed by atoms with van der Waals surface area (Å²) in [6.07, 6.45) is 13.9. The summed E-state index contributed by atoms with van der Waals surface area (Å²) in [4.78, 5) is 30.2. The van der Waals surface area contributed by atoms with Crippen LogP contribution in [0.25, 0.3) is 16.7 Å². The highest BCUT2D eigenvalue weighted by Crippen LogP contribution is 2.33. The van der Waals surface area contributed by atoms with Crippen molar-refractivity contribution in [2.75, 3.05) is 36.6 Å². The molecule has 2 aliphatic rings. The van der Waals surface area contributed by atoms with Gasteiger partial charge in [-0.1, -0.05) is 12.2 Å². The molecule has 5 heterocycles. The fourth-order valence-corrected chi connectivity index (χ4v) is 4.61. The Hall–Kier alpha value is -3.88. The number of H-pyrrole nitrogens is 1. The third kappa shape index (κ3) is 4.22. The third-order valence-electron chi connectivity index (χ3n) is 6.41. The van der Waals surface area contributed by atoms with E-state index in [-0.39, 0.29) is 5.69 Å². The lowest BCUT2D eigenvalue weighted by Gasteiger charge is -2.28. The van der Waals surface area contributed by atoms with Crippen LogP contribution in [0.3, 0.4) is 0 Å². The number of piperidine rings is 1. The summed E-state index contributed by atoms with van der Waals surface area (Å²) < 4.78 is 16.1. The van der Waals surface area contributed by atoms with Gasteiger partial charge in [0.2, 0.25) is 0 Å². The van der Waals surface area contributed by atoms with Crippen LogP contribution in [0, 0.1) is 5.82 Å². The number of aromatic nitrogens is 4. The molecule has 3 aromatic rings. The Morgan fingerprint density at radius 3 is 2.74 bits per heavy atom. The lowest BCUT2D eigenvalue weighted by molar-refractivity contribution is 0.578. The Morgan fingerprint density at radius 2 is 1.97 bits per heavy atom. The number of rotatable bonds is 5. The van der Waals surface area contributed by atoms with E-state index in [9.17, 15) is 0 Å². The van der Waals surface area contributed by atoms with Gasteiger partial charge in [-0.3, -0.25) is 15.0 Å². The maximum absolute atomic E-state index is 16.1. The molecule has 0 amide bonds. The van der Waals surface area contributed by atoms with Crippen molar-refractivity contribution >= 4 is 40.0 Å². The van der Waals surface area contributed by atoms with Crippen LogP contribution in [0.15, 0.2) is 46.8 Å². The van der Waals surface area contributed by atoms with E-state index < -0.39 is 5.82 Å². The summed E-state index contributed by atoms with van der Waals surface area (Å²) in [5.74, 6) is 0.0597. The smallest absolute Gasteiger partial charge is 0.180 e. The van der Waals surface area contributed by atoms with Crippen molar-refractivity contribution in [3.63, 3.8) is 0 Å². The van der Waals surface area contributed by atoms with Gasteiger partial charge in [-0.05, 0) is 39.2 Å². The summed E-state index contributed by atoms with van der Waals surface area (Å²) in [6.45, 7) is 6.11. The van der Waals surface area contributed by atoms with Gasteiger partial charge in [0.25, 0.3) is 0 Å². The fourth-order valence-electron chi connectivity index (χ4n) is 4.61. The van der Waals surface area contributed by atoms with Crippen LogP contribution in [0.2, 0.25) is 0 Å². The Morgan fingerprint density at radius 1 is 1.14 bits per heavy atom. The highest BCUT2D eigenvalue weighted by atomic mass is 19.1. The summed E-state index contributed by atoms with van der Waals surface area (Å²) in [7, 11) is 1.87. The van der Waals surface area contributed by atoms with E-state index >= 15 is 4.39 Å². The summed E-state index contributed by atoms with van der Waals surface area (Å²) in [5.41, 5.74) is 4.88. The lowest BCUT2D eigenvalue weighted by Crippen LogP contribution is -2.29. The number of imidazole rings is 1. The number of aliphatic imine (C=N–C) groups is 2. The second-order valence-corrected chi connectivity index (χ2v) is 8.69. The maximum Gasteiger partial charge on any atom is 0.180 e. The van der Waals surface area contributed by atoms with Crippen molar-refractivity contribution in [3.8, 4) is 0 Å². The predicted octanol–water partition coefficient (Wildman–Crippen LogP) is 4.73. The number of hydrogen-bond acceptors (Lipinski definition) is 7. The van der Waals surface area contributed by atoms with Crippen LogP contribution in [-0.2, 0) is 0 Å². The fraction of sp³-hybridized carbons (Fsp3) is 0.346. The molecule has 1 saturated heterocycles. The summed E-state index contributed by atoms with van der Waals surface area (Å²) in [6, 6.07) is 2.02. The van der Waals surface area contributed by atoms with Gasteiger partial charge in [0.1, 0.15) is 23.6 Å². The molecule has 180 valence electrons. The molecule has 0 aromatic carbocycles. The lowest BCUT2D eigenvalue weighted by atomic mass is 10.0. The molecule has 9 heteroatoms. The number of allylic oxidation sites excluding steroid dienone is 3. The highest BCUT2D eigenvalue weighted by Gasteiger charge is 2.29. The maximum atomic E-state index is 16.1. The van der Waals surface area contributed by atoms with Crippen molar-refractivity contribution in [2.24, 2.45) is 9.98 Å². The molecule has 0 saturated carbocycles. The first-order valence-electron chi connectivity index (χ1n) is 12.0. The minimum Gasteiger partial charge on any atom is -0.370 e. The molecule has 0 unspecified atom stereocenters. The minimum absolute atomic E-state index is 0.228. The Labute approximate surface area is 204 Å². The first-order chi connectivity index (χ1) is 17.1. The second-order valence-electron chi connectivity index (χ2n) is 8.69. The van der Waals surface area contributed by atoms with E-state index in [0.717, 1.165) is 24.3 Å². The third-order valence-corrected chi connectivity index (χ3v) is 6.41. The topological polar surface area (TPSA) is 85.7 Å². The van der Waals surface area contributed by atoms with Gasteiger partial charge in [-0.25, -0.2) is 14.4 Å². The van der Waals surface area contributed by atoms with Crippen LogP contribution >= 0.6 is 0 Å². The number of anilines is 2. The molecule has 1 N–H and O–H groups in total. The van der Waals surface area contributed by atoms with Gasteiger partial charge >= 0.3 is 0 Å². The summed E-state index contributed by atoms with van der Waals surface area (Å²) >= 11 is 0. The van der Waals surface area contributed by atoms with Crippen molar-refractivity contribution in [3.05, 3.63) is 59.7 Å². The van der Waals surface area contributed by atoms with Crippen LogP contribution < -0.4 is 9.80 Å². The number of hydrogen-bond donors (Lipinski definition) is 1. The molecule has 0 spiro atoms. The second kappa shape index (κ2) is 9.77. The van der Waals surface area contributed by atoms with Gasteiger partial charge in [0.15, 0.2) is 17.3 Å². The molecular weight excluding hydrogens is 443 g/mol. The van der Waals surface area contributed by atoms with E-state index in [2.05, 4.69) is 24.8 Å². The van der Waals surface area contributed by atoms with Crippen molar-refractivity contribution in [1.82, 2.24) is 19.9 Å². The molecular formula is C26H29FN8. The normalized spacial score (nSPS) is 17.0. The van der Waals surface area contributed by atoms with Gasteiger partial charge in [-0.15, -0.1) is 0 Å². The molecule has 3 aromatic heterocycles. The van der Waals surface area contributed by atoms with Crippen LogP contribution in [0.5, 0.6) is 0 Å². The molecule has 0 radical (unpaired) electrons. The summed E-state index contributed by atoms with van der Waals surface area (Å²) in [5, 5.41) is 0. The van der Waals surface area contributed by atoms with Crippen LogP contribution in [0.1, 0.15) is 50.2 Å². The van der Waals surface area contributed by atoms with Gasteiger partial charge in [0, 0.05) is 44.3 Å². The van der Waals surface area contributed by atoms with Gasteiger partial charge < -0.3 is 14.8 Å². The largest absolute Gasteiger partial charge is 0.370 e. The monoisotopic (exact) mass is 472 g/mol. The zero-order chi connectivity index (χ0) is 24.4. The van der Waals surface area contributed by atoms with E-state index in [1.54, 1.807) is 30.9 Å². The zero-order valence-electron chi connectivity index (χ0n) is 20.3. The van der Waals surface area contributed by atoms with Gasteiger partial charge in [-0.2, -0.15) is 0 Å². The Balaban J connectivity index is 1.61. The molecule has 2 aliphatic heterocycles. The molecule has 5 rings (SSSR count). The number of pyridine rings is 2. The number of nitrogens with one attached hydrogen (secondary N) is 1. The predicted molar refractivity (Wildman–Crippen MR) is 140 cm³/mol. The molecule has 0 atom stereocenters. The molecule has 0 aliphatic carbocycles. The highest BCUT2D eigenvalue weighted by molar-refractivity contribution is 6.17. The van der Waals surface area contributed by atoms with E-state index in [1.165, 1.54) is 19.3 Å². The zero-order valence-corrected chi connectivity index (χ0v) is 20.3. The SMILES string of the molecule is C\C=C(/C=N/C=C/C)c1ncc2c(c1F)C(c1nc3nccc(N4CCCCC4)c3[nH]1)=NCN2C. The number of fused-ring (bicyclic) bond motifs is 2. The minimum atomic E-state index is -0.447. The number of nitrogens with zero attached hydrogens (tertiary/aromatic N) is 7. The van der Waals surface area contributed by atoms with E-state index in [0.29, 0.717) is 40.7 Å². The molecule has 35 heavy (non-hydrogen) atoms. The first kappa shape index (κ1) is 22.9.